The molecule has 0 aliphatic heterocycles. The number of nitrogens with zero attached hydrogens (tertiary/aromatic N) is 2. The van der Waals surface area contributed by atoms with Crippen LogP contribution in [0.2, 0.25) is 0 Å². The fraction of sp³-hybridized carbons (Fsp3) is 0.375. The second-order valence-electron chi connectivity index (χ2n) is 4.75. The number of hydrogen-bond acceptors (Lipinski definition) is 5. The third-order valence-corrected chi connectivity index (χ3v) is 3.30. The SMILES string of the molecule is CCCc1c(NC)ncnc1NCc1ccc(OC)cc1. The number of ether oxygens (including phenoxy) is 1. The van der Waals surface area contributed by atoms with Gasteiger partial charge in [-0.2, -0.15) is 0 Å². The number of nitrogens with one attached hydrogen (secondary N) is 2. The first kappa shape index (κ1) is 15.1. The lowest BCUT2D eigenvalue weighted by atomic mass is 10.1. The maximum absolute atomic E-state index is 5.16. The van der Waals surface area contributed by atoms with Gasteiger partial charge >= 0.3 is 0 Å². The van der Waals surface area contributed by atoms with Crippen molar-refractivity contribution in [3.63, 3.8) is 0 Å². The number of anilines is 2. The van der Waals surface area contributed by atoms with Gasteiger partial charge < -0.3 is 15.4 Å². The van der Waals surface area contributed by atoms with Crippen LogP contribution in [0, 0.1) is 0 Å². The number of aromatic nitrogens is 2. The Hall–Kier alpha value is -2.30. The van der Waals surface area contributed by atoms with Crippen LogP contribution in [0.4, 0.5) is 11.6 Å². The predicted octanol–water partition coefficient (Wildman–Crippen LogP) is 3.09. The molecule has 0 saturated carbocycles. The van der Waals surface area contributed by atoms with Crippen LogP contribution in [0.1, 0.15) is 24.5 Å². The molecule has 0 spiro atoms. The molecule has 0 bridgehead atoms. The van der Waals surface area contributed by atoms with E-state index in [0.717, 1.165) is 42.3 Å². The summed E-state index contributed by atoms with van der Waals surface area (Å²) in [5, 5.41) is 6.52. The minimum Gasteiger partial charge on any atom is -0.497 e. The predicted molar refractivity (Wildman–Crippen MR) is 85.9 cm³/mol. The van der Waals surface area contributed by atoms with E-state index in [-0.39, 0.29) is 0 Å². The highest BCUT2D eigenvalue weighted by Crippen LogP contribution is 2.22. The lowest BCUT2D eigenvalue weighted by Gasteiger charge is -2.13. The van der Waals surface area contributed by atoms with E-state index >= 15 is 0 Å². The number of benzene rings is 1. The minimum absolute atomic E-state index is 0.723. The van der Waals surface area contributed by atoms with E-state index in [0.29, 0.717) is 0 Å². The van der Waals surface area contributed by atoms with Crippen LogP contribution < -0.4 is 15.4 Å². The van der Waals surface area contributed by atoms with Gasteiger partial charge in [0.15, 0.2) is 0 Å². The van der Waals surface area contributed by atoms with Crippen LogP contribution >= 0.6 is 0 Å². The van der Waals surface area contributed by atoms with Crippen LogP contribution in [0.3, 0.4) is 0 Å². The standard InChI is InChI=1S/C16H22N4O/c1-4-5-14-15(17-2)19-11-20-16(14)18-10-12-6-8-13(21-3)9-7-12/h6-9,11H,4-5,10H2,1-3H3,(H2,17,18,19,20). The highest BCUT2D eigenvalue weighted by Gasteiger charge is 2.09. The smallest absolute Gasteiger partial charge is 0.134 e. The van der Waals surface area contributed by atoms with Gasteiger partial charge in [-0.1, -0.05) is 25.5 Å². The van der Waals surface area contributed by atoms with E-state index in [4.69, 9.17) is 4.74 Å². The van der Waals surface area contributed by atoms with Crippen molar-refractivity contribution in [3.05, 3.63) is 41.7 Å². The molecular formula is C16H22N4O. The summed E-state index contributed by atoms with van der Waals surface area (Å²) in [5.74, 6) is 2.65. The van der Waals surface area contributed by atoms with Crippen molar-refractivity contribution in [2.75, 3.05) is 24.8 Å². The van der Waals surface area contributed by atoms with Gasteiger partial charge in [0.2, 0.25) is 0 Å². The van der Waals surface area contributed by atoms with Crippen LogP contribution in [-0.2, 0) is 13.0 Å². The molecule has 1 aromatic carbocycles. The van der Waals surface area contributed by atoms with Crippen molar-refractivity contribution in [2.45, 2.75) is 26.3 Å². The Bertz CT molecular complexity index is 569. The topological polar surface area (TPSA) is 59.1 Å². The number of rotatable bonds is 7. The lowest BCUT2D eigenvalue weighted by Crippen LogP contribution is -2.08. The zero-order chi connectivity index (χ0) is 15.1. The van der Waals surface area contributed by atoms with Gasteiger partial charge in [-0.25, -0.2) is 9.97 Å². The van der Waals surface area contributed by atoms with Crippen LogP contribution in [0.15, 0.2) is 30.6 Å². The van der Waals surface area contributed by atoms with Crippen molar-refractivity contribution in [1.29, 1.82) is 0 Å². The maximum Gasteiger partial charge on any atom is 0.134 e. The monoisotopic (exact) mass is 286 g/mol. The molecule has 0 amide bonds. The largest absolute Gasteiger partial charge is 0.497 e. The Morgan fingerprint density at radius 2 is 1.81 bits per heavy atom. The quantitative estimate of drug-likeness (QED) is 0.819. The Morgan fingerprint density at radius 3 is 2.43 bits per heavy atom. The molecule has 2 rings (SSSR count). The molecule has 0 unspecified atom stereocenters. The second-order valence-corrected chi connectivity index (χ2v) is 4.75. The van der Waals surface area contributed by atoms with Gasteiger partial charge in [-0.3, -0.25) is 0 Å². The summed E-state index contributed by atoms with van der Waals surface area (Å²) >= 11 is 0. The highest BCUT2D eigenvalue weighted by molar-refractivity contribution is 5.57. The Labute approximate surface area is 125 Å². The molecule has 0 aliphatic rings. The summed E-state index contributed by atoms with van der Waals surface area (Å²) < 4.78 is 5.16. The molecule has 0 aliphatic carbocycles. The van der Waals surface area contributed by atoms with E-state index in [1.807, 2.05) is 31.3 Å². The maximum atomic E-state index is 5.16. The molecular weight excluding hydrogens is 264 g/mol. The third-order valence-electron chi connectivity index (χ3n) is 3.30. The summed E-state index contributed by atoms with van der Waals surface area (Å²) in [6, 6.07) is 8.02. The summed E-state index contributed by atoms with van der Waals surface area (Å²) in [7, 11) is 3.55. The molecule has 2 aromatic rings. The van der Waals surface area contributed by atoms with Crippen molar-refractivity contribution in [1.82, 2.24) is 9.97 Å². The molecule has 1 heterocycles. The summed E-state index contributed by atoms with van der Waals surface area (Å²) in [6.07, 6.45) is 3.59. The van der Waals surface area contributed by atoms with Gasteiger partial charge in [-0.05, 0) is 24.1 Å². The molecule has 0 radical (unpaired) electrons. The van der Waals surface area contributed by atoms with E-state index in [9.17, 15) is 0 Å². The first-order valence-electron chi connectivity index (χ1n) is 7.17. The summed E-state index contributed by atoms with van der Waals surface area (Å²) in [5.41, 5.74) is 2.32. The van der Waals surface area contributed by atoms with Gasteiger partial charge in [0.05, 0.1) is 7.11 Å². The first-order chi connectivity index (χ1) is 10.3. The van der Waals surface area contributed by atoms with Gasteiger partial charge in [-0.15, -0.1) is 0 Å². The fourth-order valence-electron chi connectivity index (χ4n) is 2.20. The molecule has 21 heavy (non-hydrogen) atoms. The van der Waals surface area contributed by atoms with Crippen molar-refractivity contribution >= 4 is 11.6 Å². The van der Waals surface area contributed by atoms with Gasteiger partial charge in [0.25, 0.3) is 0 Å². The highest BCUT2D eigenvalue weighted by atomic mass is 16.5. The van der Waals surface area contributed by atoms with E-state index in [1.165, 1.54) is 5.56 Å². The van der Waals surface area contributed by atoms with E-state index in [1.54, 1.807) is 13.4 Å². The lowest BCUT2D eigenvalue weighted by molar-refractivity contribution is 0.414. The van der Waals surface area contributed by atoms with Crippen LogP contribution in [-0.4, -0.2) is 24.1 Å². The molecule has 112 valence electrons. The molecule has 2 N–H and O–H groups in total. The average molecular weight is 286 g/mol. The van der Waals surface area contributed by atoms with Crippen molar-refractivity contribution in [2.24, 2.45) is 0 Å². The van der Waals surface area contributed by atoms with E-state index < -0.39 is 0 Å². The van der Waals surface area contributed by atoms with Gasteiger partial charge in [0, 0.05) is 19.2 Å². The fourth-order valence-corrected chi connectivity index (χ4v) is 2.20. The Kier molecular flexibility index (Phi) is 5.37. The minimum atomic E-state index is 0.723. The number of methoxy groups -OCH3 is 1. The third kappa shape index (κ3) is 3.84. The van der Waals surface area contributed by atoms with Crippen LogP contribution in [0.25, 0.3) is 0 Å². The summed E-state index contributed by atoms with van der Waals surface area (Å²) in [4.78, 5) is 8.64. The zero-order valence-corrected chi connectivity index (χ0v) is 12.8. The second kappa shape index (κ2) is 7.47. The zero-order valence-electron chi connectivity index (χ0n) is 12.8. The molecule has 5 nitrogen and oxygen atoms in total. The number of hydrogen-bond donors (Lipinski definition) is 2. The molecule has 0 atom stereocenters. The molecule has 1 aromatic heterocycles. The Morgan fingerprint density at radius 1 is 1.10 bits per heavy atom. The van der Waals surface area contributed by atoms with Crippen molar-refractivity contribution in [3.8, 4) is 5.75 Å². The normalized spacial score (nSPS) is 10.2. The molecule has 5 heteroatoms. The first-order valence-corrected chi connectivity index (χ1v) is 7.17. The Balaban J connectivity index is 2.11. The molecule has 0 saturated heterocycles. The van der Waals surface area contributed by atoms with Crippen LogP contribution in [0.5, 0.6) is 5.75 Å². The average Bonchev–Trinajstić information content (AvgIpc) is 2.54. The van der Waals surface area contributed by atoms with Crippen molar-refractivity contribution < 1.29 is 4.74 Å². The van der Waals surface area contributed by atoms with E-state index in [2.05, 4.69) is 27.5 Å². The summed E-state index contributed by atoms with van der Waals surface area (Å²) in [6.45, 7) is 2.88. The van der Waals surface area contributed by atoms with Gasteiger partial charge in [0.1, 0.15) is 23.7 Å². The molecule has 0 fully saturated rings.